The molecule has 0 aliphatic rings. The number of nitrogens with zero attached hydrogens (tertiary/aromatic N) is 2. The molecule has 2 aromatic rings. The van der Waals surface area contributed by atoms with Crippen molar-refractivity contribution in [3.05, 3.63) is 53.9 Å². The van der Waals surface area contributed by atoms with Crippen LogP contribution in [0.2, 0.25) is 0 Å². The van der Waals surface area contributed by atoms with Gasteiger partial charge in [0.1, 0.15) is 0 Å². The van der Waals surface area contributed by atoms with E-state index in [1.807, 2.05) is 31.2 Å². The van der Waals surface area contributed by atoms with Crippen LogP contribution in [-0.2, 0) is 0 Å². The first-order valence-corrected chi connectivity index (χ1v) is 6.24. The third-order valence-electron chi connectivity index (χ3n) is 2.32. The Morgan fingerprint density at radius 1 is 1.18 bits per heavy atom. The first-order chi connectivity index (χ1) is 8.27. The Bertz CT molecular complexity index is 514. The number of aryl methyl sites for hydroxylation is 1. The Hall–Kier alpha value is -1.68. The van der Waals surface area contributed by atoms with Gasteiger partial charge in [0.2, 0.25) is 0 Å². The normalized spacial score (nSPS) is 10.2. The molecule has 3 nitrogen and oxygen atoms in total. The fraction of sp³-hybridized carbons (Fsp3) is 0.154. The lowest BCUT2D eigenvalue weighted by molar-refractivity contribution is 0.102. The third-order valence-corrected chi connectivity index (χ3v) is 3.20. The second-order valence-corrected chi connectivity index (χ2v) is 4.50. The van der Waals surface area contributed by atoms with Crippen LogP contribution >= 0.6 is 11.8 Å². The SMILES string of the molecule is Cc1ccccc1C(=O)CSc1ncccn1. The summed E-state index contributed by atoms with van der Waals surface area (Å²) in [5, 5.41) is 0.634. The number of carbonyl (C=O) groups excluding carboxylic acids is 1. The zero-order valence-electron chi connectivity index (χ0n) is 9.46. The summed E-state index contributed by atoms with van der Waals surface area (Å²) in [7, 11) is 0. The van der Waals surface area contributed by atoms with E-state index in [1.165, 1.54) is 11.8 Å². The maximum absolute atomic E-state index is 12.0. The molecule has 1 aromatic carbocycles. The topological polar surface area (TPSA) is 42.9 Å². The summed E-state index contributed by atoms with van der Waals surface area (Å²) >= 11 is 1.36. The summed E-state index contributed by atoms with van der Waals surface area (Å²) in [6.45, 7) is 1.94. The minimum atomic E-state index is 0.112. The predicted molar refractivity (Wildman–Crippen MR) is 68.3 cm³/mol. The van der Waals surface area contributed by atoms with E-state index in [4.69, 9.17) is 0 Å². The Kier molecular flexibility index (Phi) is 3.88. The Balaban J connectivity index is 2.01. The number of rotatable bonds is 4. The lowest BCUT2D eigenvalue weighted by Gasteiger charge is -2.03. The molecule has 0 unspecified atom stereocenters. The number of aromatic nitrogens is 2. The van der Waals surface area contributed by atoms with Crippen LogP contribution in [0.4, 0.5) is 0 Å². The van der Waals surface area contributed by atoms with Crippen molar-refractivity contribution in [2.24, 2.45) is 0 Å². The molecule has 0 atom stereocenters. The first kappa shape index (κ1) is 11.8. The van der Waals surface area contributed by atoms with E-state index in [9.17, 15) is 4.79 Å². The molecule has 0 N–H and O–H groups in total. The van der Waals surface area contributed by atoms with Crippen LogP contribution in [0.1, 0.15) is 15.9 Å². The fourth-order valence-electron chi connectivity index (χ4n) is 1.45. The van der Waals surface area contributed by atoms with Gasteiger partial charge in [0.05, 0.1) is 5.75 Å². The predicted octanol–water partition coefficient (Wildman–Crippen LogP) is 2.76. The van der Waals surface area contributed by atoms with Crippen molar-refractivity contribution in [2.75, 3.05) is 5.75 Å². The Labute approximate surface area is 104 Å². The van der Waals surface area contributed by atoms with Gasteiger partial charge < -0.3 is 0 Å². The van der Waals surface area contributed by atoms with Gasteiger partial charge in [0.25, 0.3) is 0 Å². The van der Waals surface area contributed by atoms with Crippen LogP contribution in [0.3, 0.4) is 0 Å². The molecule has 1 heterocycles. The molecule has 4 heteroatoms. The monoisotopic (exact) mass is 244 g/mol. The van der Waals surface area contributed by atoms with Crippen LogP contribution in [0, 0.1) is 6.92 Å². The lowest BCUT2D eigenvalue weighted by Crippen LogP contribution is -2.04. The lowest BCUT2D eigenvalue weighted by atomic mass is 10.1. The van der Waals surface area contributed by atoms with Gasteiger partial charge in [-0.25, -0.2) is 9.97 Å². The highest BCUT2D eigenvalue weighted by molar-refractivity contribution is 7.99. The van der Waals surface area contributed by atoms with Crippen LogP contribution in [0.5, 0.6) is 0 Å². The number of Topliss-reactive ketones (excluding diaryl/α,β-unsaturated/α-hetero) is 1. The summed E-state index contributed by atoms with van der Waals surface area (Å²) in [5.41, 5.74) is 1.78. The second-order valence-electron chi connectivity index (χ2n) is 3.56. The molecular weight excluding hydrogens is 232 g/mol. The summed E-state index contributed by atoms with van der Waals surface area (Å²) in [6, 6.07) is 9.36. The van der Waals surface area contributed by atoms with Crippen LogP contribution < -0.4 is 0 Å². The summed E-state index contributed by atoms with van der Waals surface area (Å²) in [4.78, 5) is 20.1. The van der Waals surface area contributed by atoms with Crippen molar-refractivity contribution >= 4 is 17.5 Å². The second kappa shape index (κ2) is 5.59. The summed E-state index contributed by atoms with van der Waals surface area (Å²) in [6.07, 6.45) is 3.35. The molecule has 17 heavy (non-hydrogen) atoms. The highest BCUT2D eigenvalue weighted by atomic mass is 32.2. The number of carbonyl (C=O) groups is 1. The fourth-order valence-corrected chi connectivity index (χ4v) is 2.14. The van der Waals surface area contributed by atoms with Crippen molar-refractivity contribution in [3.8, 4) is 0 Å². The molecule has 1 aromatic heterocycles. The average Bonchev–Trinajstić information content (AvgIpc) is 2.38. The molecular formula is C13H12N2OS. The van der Waals surface area contributed by atoms with Gasteiger partial charge in [0.15, 0.2) is 10.9 Å². The zero-order chi connectivity index (χ0) is 12.1. The molecule has 0 fully saturated rings. The van der Waals surface area contributed by atoms with Gasteiger partial charge in [-0.3, -0.25) is 4.79 Å². The highest BCUT2D eigenvalue weighted by Crippen LogP contribution is 2.15. The quantitative estimate of drug-likeness (QED) is 0.471. The van der Waals surface area contributed by atoms with E-state index in [-0.39, 0.29) is 5.78 Å². The molecule has 2 rings (SSSR count). The molecule has 0 radical (unpaired) electrons. The van der Waals surface area contributed by atoms with E-state index in [0.29, 0.717) is 10.9 Å². The number of benzene rings is 1. The minimum Gasteiger partial charge on any atom is -0.293 e. The number of ketones is 1. The minimum absolute atomic E-state index is 0.112. The van der Waals surface area contributed by atoms with Crippen molar-refractivity contribution in [1.29, 1.82) is 0 Å². The standard InChI is InChI=1S/C13H12N2OS/c1-10-5-2-3-6-11(10)12(16)9-17-13-14-7-4-8-15-13/h2-8H,9H2,1H3. The average molecular weight is 244 g/mol. The van der Waals surface area contributed by atoms with E-state index in [2.05, 4.69) is 9.97 Å². The number of hydrogen-bond donors (Lipinski definition) is 0. The van der Waals surface area contributed by atoms with Crippen LogP contribution in [0.15, 0.2) is 47.9 Å². The van der Waals surface area contributed by atoms with Crippen molar-refractivity contribution in [1.82, 2.24) is 9.97 Å². The van der Waals surface area contributed by atoms with Gasteiger partial charge in [-0.1, -0.05) is 36.0 Å². The first-order valence-electron chi connectivity index (χ1n) is 5.26. The Morgan fingerprint density at radius 3 is 2.59 bits per heavy atom. The maximum Gasteiger partial charge on any atom is 0.187 e. The molecule has 86 valence electrons. The Morgan fingerprint density at radius 2 is 1.88 bits per heavy atom. The van der Waals surface area contributed by atoms with Crippen molar-refractivity contribution in [3.63, 3.8) is 0 Å². The van der Waals surface area contributed by atoms with Gasteiger partial charge >= 0.3 is 0 Å². The van der Waals surface area contributed by atoms with E-state index < -0.39 is 0 Å². The summed E-state index contributed by atoms with van der Waals surface area (Å²) < 4.78 is 0. The number of hydrogen-bond acceptors (Lipinski definition) is 4. The smallest absolute Gasteiger partial charge is 0.187 e. The summed E-state index contributed by atoms with van der Waals surface area (Å²) in [5.74, 6) is 0.482. The van der Waals surface area contributed by atoms with Crippen LogP contribution in [-0.4, -0.2) is 21.5 Å². The van der Waals surface area contributed by atoms with Gasteiger partial charge in [-0.15, -0.1) is 0 Å². The van der Waals surface area contributed by atoms with Crippen LogP contribution in [0.25, 0.3) is 0 Å². The van der Waals surface area contributed by atoms with Gasteiger partial charge in [-0.05, 0) is 18.6 Å². The molecule has 0 saturated carbocycles. The van der Waals surface area contributed by atoms with E-state index >= 15 is 0 Å². The van der Waals surface area contributed by atoms with Crippen molar-refractivity contribution < 1.29 is 4.79 Å². The largest absolute Gasteiger partial charge is 0.293 e. The van der Waals surface area contributed by atoms with Gasteiger partial charge in [0, 0.05) is 18.0 Å². The highest BCUT2D eigenvalue weighted by Gasteiger charge is 2.09. The molecule has 0 amide bonds. The molecule has 0 saturated heterocycles. The van der Waals surface area contributed by atoms with E-state index in [0.717, 1.165) is 11.1 Å². The zero-order valence-corrected chi connectivity index (χ0v) is 10.3. The molecule has 0 aliphatic carbocycles. The molecule has 0 spiro atoms. The molecule has 0 aliphatic heterocycles. The molecule has 0 bridgehead atoms. The van der Waals surface area contributed by atoms with E-state index in [1.54, 1.807) is 18.5 Å². The number of thioether (sulfide) groups is 1. The third kappa shape index (κ3) is 3.14. The van der Waals surface area contributed by atoms with Gasteiger partial charge in [-0.2, -0.15) is 0 Å². The van der Waals surface area contributed by atoms with Crippen molar-refractivity contribution in [2.45, 2.75) is 12.1 Å². The maximum atomic E-state index is 12.0.